The van der Waals surface area contributed by atoms with Crippen LogP contribution >= 0.6 is 0 Å². The number of alkyl halides is 2. The number of carbonyl (C=O) groups excluding carboxylic acids is 1. The van der Waals surface area contributed by atoms with Crippen LogP contribution in [0.5, 0.6) is 5.75 Å². The van der Waals surface area contributed by atoms with E-state index in [4.69, 9.17) is 4.74 Å². The number of rotatable bonds is 4. The van der Waals surface area contributed by atoms with Gasteiger partial charge in [-0.1, -0.05) is 12.1 Å². The van der Waals surface area contributed by atoms with Crippen LogP contribution in [0.3, 0.4) is 0 Å². The Morgan fingerprint density at radius 3 is 2.73 bits per heavy atom. The minimum atomic E-state index is -2.79. The molecule has 1 aliphatic carbocycles. The van der Waals surface area contributed by atoms with E-state index in [1.807, 2.05) is 24.3 Å². The van der Waals surface area contributed by atoms with Crippen LogP contribution in [-0.4, -0.2) is 47.1 Å². The number of halogens is 2. The van der Waals surface area contributed by atoms with Gasteiger partial charge in [-0.05, 0) is 30.5 Å². The third kappa shape index (κ3) is 3.06. The summed E-state index contributed by atoms with van der Waals surface area (Å²) in [6.07, 6.45) is 2.98. The van der Waals surface area contributed by atoms with Crippen LogP contribution in [0, 0.1) is 5.92 Å². The lowest BCUT2D eigenvalue weighted by Crippen LogP contribution is -2.39. The number of ether oxygens (including phenoxy) is 1. The molecule has 5 nitrogen and oxygen atoms in total. The maximum Gasteiger partial charge on any atom is 0.260 e. The van der Waals surface area contributed by atoms with Crippen molar-refractivity contribution in [1.29, 1.82) is 0 Å². The van der Waals surface area contributed by atoms with Gasteiger partial charge < -0.3 is 9.64 Å². The molecule has 26 heavy (non-hydrogen) atoms. The van der Waals surface area contributed by atoms with Crippen LogP contribution < -0.4 is 4.74 Å². The highest BCUT2D eigenvalue weighted by Crippen LogP contribution is 2.50. The van der Waals surface area contributed by atoms with Gasteiger partial charge in [0.05, 0.1) is 13.3 Å². The van der Waals surface area contributed by atoms with Crippen LogP contribution in [0.4, 0.5) is 8.78 Å². The van der Waals surface area contributed by atoms with Gasteiger partial charge in [-0.15, -0.1) is 0 Å². The Morgan fingerprint density at radius 1 is 1.35 bits per heavy atom. The molecule has 1 saturated carbocycles. The molecule has 1 aromatic heterocycles. The van der Waals surface area contributed by atoms with Gasteiger partial charge >= 0.3 is 0 Å². The molecule has 1 amide bonds. The normalized spacial score (nSPS) is 22.3. The largest absolute Gasteiger partial charge is 0.497 e. The lowest BCUT2D eigenvalue weighted by molar-refractivity contribution is -0.135. The molecule has 1 aromatic carbocycles. The standard InChI is InChI=1S/C19H21F2N3O2/c1-26-14-4-2-3-13(9-14)15-11-22-23-17(15)12-5-7-24(8-6-12)18(25)16-10-19(16,20)21/h2-4,9,11-12,16H,5-8,10H2,1H3,(H,22,23)/t16-/m1/s1. The predicted molar refractivity (Wildman–Crippen MR) is 92.2 cm³/mol. The molecular weight excluding hydrogens is 340 g/mol. The third-order valence-electron chi connectivity index (χ3n) is 5.39. The Balaban J connectivity index is 1.46. The first-order valence-corrected chi connectivity index (χ1v) is 8.84. The number of nitrogens with one attached hydrogen (secondary N) is 1. The molecule has 1 atom stereocenters. The Labute approximate surface area is 150 Å². The van der Waals surface area contributed by atoms with E-state index in [-0.39, 0.29) is 12.3 Å². The summed E-state index contributed by atoms with van der Waals surface area (Å²) in [7, 11) is 1.63. The van der Waals surface area contributed by atoms with E-state index in [0.717, 1.165) is 35.4 Å². The molecule has 0 bridgehead atoms. The topological polar surface area (TPSA) is 58.2 Å². The summed E-state index contributed by atoms with van der Waals surface area (Å²) in [5, 5.41) is 7.28. The second-order valence-corrected chi connectivity index (χ2v) is 7.05. The number of piperidine rings is 1. The molecule has 0 unspecified atom stereocenters. The second kappa shape index (κ2) is 6.37. The summed E-state index contributed by atoms with van der Waals surface area (Å²) >= 11 is 0. The van der Waals surface area contributed by atoms with Crippen LogP contribution in [-0.2, 0) is 4.79 Å². The molecule has 0 spiro atoms. The minimum absolute atomic E-state index is 0.225. The summed E-state index contributed by atoms with van der Waals surface area (Å²) in [5.41, 5.74) is 3.06. The Kier molecular flexibility index (Phi) is 4.17. The van der Waals surface area contributed by atoms with Crippen LogP contribution in [0.25, 0.3) is 11.1 Å². The van der Waals surface area contributed by atoms with Gasteiger partial charge in [0.2, 0.25) is 5.91 Å². The first kappa shape index (κ1) is 17.0. The monoisotopic (exact) mass is 361 g/mol. The molecule has 138 valence electrons. The first-order chi connectivity index (χ1) is 12.5. The van der Waals surface area contributed by atoms with Crippen molar-refractivity contribution in [2.75, 3.05) is 20.2 Å². The SMILES string of the molecule is COc1cccc(-c2cn[nH]c2C2CCN(C(=O)[C@H]3CC3(F)F)CC2)c1. The molecule has 1 aliphatic heterocycles. The van der Waals surface area contributed by atoms with E-state index >= 15 is 0 Å². The summed E-state index contributed by atoms with van der Waals surface area (Å²) < 4.78 is 31.6. The lowest BCUT2D eigenvalue weighted by Gasteiger charge is -2.32. The first-order valence-electron chi connectivity index (χ1n) is 8.84. The Morgan fingerprint density at radius 2 is 2.08 bits per heavy atom. The second-order valence-electron chi connectivity index (χ2n) is 7.05. The molecule has 1 saturated heterocycles. The molecular formula is C19H21F2N3O2. The average Bonchev–Trinajstić information content (AvgIpc) is 3.08. The van der Waals surface area contributed by atoms with Crippen molar-refractivity contribution in [3.05, 3.63) is 36.2 Å². The molecule has 2 fully saturated rings. The van der Waals surface area contributed by atoms with E-state index in [1.165, 1.54) is 0 Å². The zero-order chi connectivity index (χ0) is 18.3. The molecule has 0 radical (unpaired) electrons. The maximum atomic E-state index is 13.1. The number of carbonyl (C=O) groups is 1. The number of nitrogens with zero attached hydrogens (tertiary/aromatic N) is 2. The van der Waals surface area contributed by atoms with E-state index in [9.17, 15) is 13.6 Å². The van der Waals surface area contributed by atoms with E-state index < -0.39 is 17.7 Å². The fraction of sp³-hybridized carbons (Fsp3) is 0.474. The van der Waals surface area contributed by atoms with Crippen molar-refractivity contribution < 1.29 is 18.3 Å². The smallest absolute Gasteiger partial charge is 0.260 e. The van der Waals surface area contributed by atoms with Crippen molar-refractivity contribution in [3.8, 4) is 16.9 Å². The number of H-pyrrole nitrogens is 1. The minimum Gasteiger partial charge on any atom is -0.497 e. The van der Waals surface area contributed by atoms with Crippen molar-refractivity contribution in [2.45, 2.75) is 31.1 Å². The van der Waals surface area contributed by atoms with E-state index in [2.05, 4.69) is 10.2 Å². The van der Waals surface area contributed by atoms with Gasteiger partial charge in [-0.3, -0.25) is 9.89 Å². The van der Waals surface area contributed by atoms with Gasteiger partial charge in [0.15, 0.2) is 0 Å². The maximum absolute atomic E-state index is 13.1. The average molecular weight is 361 g/mol. The van der Waals surface area contributed by atoms with Gasteiger partial charge in [-0.25, -0.2) is 8.78 Å². The molecule has 2 heterocycles. The van der Waals surface area contributed by atoms with Gasteiger partial charge in [0.1, 0.15) is 11.7 Å². The fourth-order valence-electron chi connectivity index (χ4n) is 3.72. The van der Waals surface area contributed by atoms with Gasteiger partial charge in [0.25, 0.3) is 5.92 Å². The van der Waals surface area contributed by atoms with Crippen LogP contribution in [0.1, 0.15) is 30.9 Å². The highest BCUT2D eigenvalue weighted by Gasteiger charge is 2.62. The van der Waals surface area contributed by atoms with Crippen LogP contribution in [0.15, 0.2) is 30.5 Å². The zero-order valence-corrected chi connectivity index (χ0v) is 14.5. The molecule has 7 heteroatoms. The van der Waals surface area contributed by atoms with Gasteiger partial charge in [0, 0.05) is 36.7 Å². The molecule has 2 aromatic rings. The van der Waals surface area contributed by atoms with Gasteiger partial charge in [-0.2, -0.15) is 5.10 Å². The van der Waals surface area contributed by atoms with Crippen LogP contribution in [0.2, 0.25) is 0 Å². The summed E-state index contributed by atoms with van der Waals surface area (Å²) in [6.45, 7) is 1.01. The summed E-state index contributed by atoms with van der Waals surface area (Å²) in [6, 6.07) is 7.79. The van der Waals surface area contributed by atoms with Crippen molar-refractivity contribution >= 4 is 5.91 Å². The molecule has 2 aliphatic rings. The van der Waals surface area contributed by atoms with E-state index in [0.29, 0.717) is 13.1 Å². The highest BCUT2D eigenvalue weighted by molar-refractivity contribution is 5.83. The zero-order valence-electron chi connectivity index (χ0n) is 14.5. The quantitative estimate of drug-likeness (QED) is 0.907. The van der Waals surface area contributed by atoms with E-state index in [1.54, 1.807) is 18.2 Å². The Bertz CT molecular complexity index is 813. The Hall–Kier alpha value is -2.44. The number of methoxy groups -OCH3 is 1. The number of hydrogen-bond acceptors (Lipinski definition) is 3. The molecule has 1 N–H and O–H groups in total. The number of aromatic amines is 1. The fourth-order valence-corrected chi connectivity index (χ4v) is 3.72. The highest BCUT2D eigenvalue weighted by atomic mass is 19.3. The number of amides is 1. The molecule has 4 rings (SSSR count). The van der Waals surface area contributed by atoms with Crippen molar-refractivity contribution in [3.63, 3.8) is 0 Å². The predicted octanol–water partition coefficient (Wildman–Crippen LogP) is 3.45. The van der Waals surface area contributed by atoms with Crippen molar-refractivity contribution in [2.24, 2.45) is 5.92 Å². The number of aromatic nitrogens is 2. The van der Waals surface area contributed by atoms with Crippen molar-refractivity contribution in [1.82, 2.24) is 15.1 Å². The lowest BCUT2D eigenvalue weighted by atomic mass is 9.89. The third-order valence-corrected chi connectivity index (χ3v) is 5.39. The number of hydrogen-bond donors (Lipinski definition) is 1. The number of likely N-dealkylation sites (tertiary alicyclic amines) is 1. The summed E-state index contributed by atoms with van der Waals surface area (Å²) in [5.74, 6) is -3.29. The number of benzene rings is 1. The summed E-state index contributed by atoms with van der Waals surface area (Å²) in [4.78, 5) is 13.7.